The summed E-state index contributed by atoms with van der Waals surface area (Å²) in [5.41, 5.74) is 1.36. The summed E-state index contributed by atoms with van der Waals surface area (Å²) < 4.78 is 0. The van der Waals surface area contributed by atoms with Crippen LogP contribution in [0.3, 0.4) is 0 Å². The molecule has 0 saturated heterocycles. The van der Waals surface area contributed by atoms with Gasteiger partial charge in [-0.25, -0.2) is 9.97 Å². The van der Waals surface area contributed by atoms with Crippen LogP contribution in [0.4, 0.5) is 5.13 Å². The molecule has 7 nitrogen and oxygen atoms in total. The summed E-state index contributed by atoms with van der Waals surface area (Å²) in [6, 6.07) is 7.24. The van der Waals surface area contributed by atoms with Crippen molar-refractivity contribution in [2.24, 2.45) is 0 Å². The fourth-order valence-electron chi connectivity index (χ4n) is 2.73. The first-order valence-corrected chi connectivity index (χ1v) is 8.40. The van der Waals surface area contributed by atoms with Gasteiger partial charge < -0.3 is 15.2 Å². The average Bonchev–Trinajstić information content (AvgIpc) is 3.01. The van der Waals surface area contributed by atoms with E-state index in [4.69, 9.17) is 0 Å². The zero-order valence-electron chi connectivity index (χ0n) is 13.0. The van der Waals surface area contributed by atoms with Gasteiger partial charge in [0.05, 0.1) is 23.1 Å². The van der Waals surface area contributed by atoms with Crippen molar-refractivity contribution >= 4 is 33.3 Å². The molecule has 4 rings (SSSR count). The lowest BCUT2D eigenvalue weighted by Crippen LogP contribution is -2.30. The lowest BCUT2D eigenvalue weighted by molar-refractivity contribution is 0.0950. The molecule has 1 aliphatic rings. The van der Waals surface area contributed by atoms with E-state index in [1.807, 2.05) is 30.1 Å². The smallest absolute Gasteiger partial charge is 0.263 e. The monoisotopic (exact) mass is 341 g/mol. The number of hydrogen-bond acceptors (Lipinski definition) is 6. The molecule has 0 saturated carbocycles. The molecule has 0 radical (unpaired) electrons. The van der Waals surface area contributed by atoms with Crippen LogP contribution in [-0.2, 0) is 13.0 Å². The predicted molar refractivity (Wildman–Crippen MR) is 92.6 cm³/mol. The standard InChI is InChI=1S/C16H15N5O2S/c1-21(16-19-11-6-7-17-15(23)13(11)24-16)8-12-18-10-5-3-2-4-9(10)14(22)20-12/h2-5H,6-8H2,1H3,(H,17,23)(H,18,20,22). The van der Waals surface area contributed by atoms with Crippen molar-refractivity contribution in [2.75, 3.05) is 18.5 Å². The topological polar surface area (TPSA) is 91.0 Å². The van der Waals surface area contributed by atoms with Gasteiger partial charge in [-0.15, -0.1) is 0 Å². The van der Waals surface area contributed by atoms with E-state index >= 15 is 0 Å². The maximum atomic E-state index is 12.1. The number of carbonyl (C=O) groups excluding carboxylic acids is 1. The molecular formula is C16H15N5O2S. The third-order valence-electron chi connectivity index (χ3n) is 3.92. The Bertz CT molecular complexity index is 994. The quantitative estimate of drug-likeness (QED) is 0.749. The van der Waals surface area contributed by atoms with E-state index in [9.17, 15) is 9.59 Å². The van der Waals surface area contributed by atoms with Gasteiger partial charge in [0.1, 0.15) is 10.7 Å². The van der Waals surface area contributed by atoms with Gasteiger partial charge in [-0.2, -0.15) is 0 Å². The minimum absolute atomic E-state index is 0.0642. The second-order valence-corrected chi connectivity index (χ2v) is 6.64. The number of carbonyl (C=O) groups is 1. The molecule has 1 aromatic carbocycles. The third-order valence-corrected chi connectivity index (χ3v) is 5.13. The highest BCUT2D eigenvalue weighted by atomic mass is 32.1. The predicted octanol–water partition coefficient (Wildman–Crippen LogP) is 1.30. The van der Waals surface area contributed by atoms with Crippen LogP contribution in [0.5, 0.6) is 0 Å². The summed E-state index contributed by atoms with van der Waals surface area (Å²) in [6.45, 7) is 1.03. The van der Waals surface area contributed by atoms with Gasteiger partial charge >= 0.3 is 0 Å². The van der Waals surface area contributed by atoms with Crippen molar-refractivity contribution in [3.05, 3.63) is 51.0 Å². The van der Waals surface area contributed by atoms with E-state index in [1.165, 1.54) is 11.3 Å². The number of para-hydroxylation sites is 1. The van der Waals surface area contributed by atoms with Gasteiger partial charge in [-0.3, -0.25) is 9.59 Å². The number of hydrogen-bond donors (Lipinski definition) is 2. The first kappa shape index (κ1) is 14.8. The zero-order valence-corrected chi connectivity index (χ0v) is 13.8. The SMILES string of the molecule is CN(Cc1nc2ccccc2c(=O)[nH]1)c1nc2c(s1)C(=O)NCC2. The maximum absolute atomic E-state index is 12.1. The van der Waals surface area contributed by atoms with Crippen LogP contribution in [0.25, 0.3) is 10.9 Å². The Labute approximate surface area is 141 Å². The summed E-state index contributed by atoms with van der Waals surface area (Å²) >= 11 is 1.36. The number of H-pyrrole nitrogens is 1. The third kappa shape index (κ3) is 2.54. The van der Waals surface area contributed by atoms with Crippen molar-refractivity contribution < 1.29 is 4.79 Å². The van der Waals surface area contributed by atoms with Crippen LogP contribution in [0, 0.1) is 0 Å². The molecule has 3 heterocycles. The number of nitrogens with zero attached hydrogens (tertiary/aromatic N) is 3. The molecule has 0 bridgehead atoms. The maximum Gasteiger partial charge on any atom is 0.263 e. The summed E-state index contributed by atoms with van der Waals surface area (Å²) in [5.74, 6) is 0.504. The highest BCUT2D eigenvalue weighted by Gasteiger charge is 2.23. The normalized spacial score (nSPS) is 13.6. The van der Waals surface area contributed by atoms with Gasteiger partial charge in [0.2, 0.25) is 0 Å². The molecule has 2 N–H and O–H groups in total. The molecule has 122 valence electrons. The molecule has 0 unspecified atom stereocenters. The van der Waals surface area contributed by atoms with Gasteiger partial charge in [-0.1, -0.05) is 23.5 Å². The van der Waals surface area contributed by atoms with E-state index in [2.05, 4.69) is 20.3 Å². The minimum Gasteiger partial charge on any atom is -0.351 e. The lowest BCUT2D eigenvalue weighted by atomic mass is 10.2. The Kier molecular flexibility index (Phi) is 3.53. The Balaban J connectivity index is 1.63. The Morgan fingerprint density at radius 1 is 1.25 bits per heavy atom. The summed E-state index contributed by atoms with van der Waals surface area (Å²) in [7, 11) is 1.87. The Morgan fingerprint density at radius 2 is 2.08 bits per heavy atom. The summed E-state index contributed by atoms with van der Waals surface area (Å²) in [6.07, 6.45) is 0.746. The first-order chi connectivity index (χ1) is 11.6. The number of aromatic amines is 1. The zero-order chi connectivity index (χ0) is 16.7. The van der Waals surface area contributed by atoms with E-state index in [1.54, 1.807) is 6.07 Å². The number of nitrogens with one attached hydrogen (secondary N) is 2. The highest BCUT2D eigenvalue weighted by molar-refractivity contribution is 7.17. The van der Waals surface area contributed by atoms with Crippen molar-refractivity contribution in [1.29, 1.82) is 0 Å². The number of anilines is 1. The molecule has 3 aromatic rings. The largest absolute Gasteiger partial charge is 0.351 e. The number of amides is 1. The van der Waals surface area contributed by atoms with E-state index in [0.717, 1.165) is 17.2 Å². The van der Waals surface area contributed by atoms with Crippen molar-refractivity contribution in [1.82, 2.24) is 20.3 Å². The van der Waals surface area contributed by atoms with Gasteiger partial charge in [0.15, 0.2) is 5.13 Å². The average molecular weight is 341 g/mol. The minimum atomic E-state index is -0.151. The van der Waals surface area contributed by atoms with Gasteiger partial charge in [0, 0.05) is 20.0 Å². The van der Waals surface area contributed by atoms with Crippen LogP contribution in [0.2, 0.25) is 0 Å². The van der Waals surface area contributed by atoms with Crippen molar-refractivity contribution in [3.63, 3.8) is 0 Å². The highest BCUT2D eigenvalue weighted by Crippen LogP contribution is 2.28. The van der Waals surface area contributed by atoms with E-state index in [0.29, 0.717) is 34.7 Å². The van der Waals surface area contributed by atoms with Crippen molar-refractivity contribution in [2.45, 2.75) is 13.0 Å². The second-order valence-electron chi connectivity index (χ2n) is 5.66. The van der Waals surface area contributed by atoms with Crippen LogP contribution in [0.1, 0.15) is 21.2 Å². The van der Waals surface area contributed by atoms with Crippen LogP contribution < -0.4 is 15.8 Å². The van der Waals surface area contributed by atoms with Crippen LogP contribution in [0.15, 0.2) is 29.1 Å². The molecule has 0 atom stereocenters. The summed E-state index contributed by atoms with van der Waals surface area (Å²) in [4.78, 5) is 38.4. The second kappa shape index (κ2) is 5.72. The number of rotatable bonds is 3. The molecule has 0 spiro atoms. The molecule has 24 heavy (non-hydrogen) atoms. The van der Waals surface area contributed by atoms with Gasteiger partial charge in [-0.05, 0) is 12.1 Å². The lowest BCUT2D eigenvalue weighted by Gasteiger charge is -2.15. The molecule has 0 aliphatic carbocycles. The number of aromatic nitrogens is 3. The number of thiazole rings is 1. The van der Waals surface area contributed by atoms with Crippen LogP contribution in [-0.4, -0.2) is 34.5 Å². The fraction of sp³-hybridized carbons (Fsp3) is 0.250. The molecule has 8 heteroatoms. The molecule has 1 amide bonds. The fourth-order valence-corrected chi connectivity index (χ4v) is 3.72. The van der Waals surface area contributed by atoms with E-state index < -0.39 is 0 Å². The van der Waals surface area contributed by atoms with Crippen molar-refractivity contribution in [3.8, 4) is 0 Å². The van der Waals surface area contributed by atoms with E-state index in [-0.39, 0.29) is 11.5 Å². The number of benzene rings is 1. The van der Waals surface area contributed by atoms with Gasteiger partial charge in [0.25, 0.3) is 11.5 Å². The first-order valence-electron chi connectivity index (χ1n) is 7.59. The molecule has 1 aliphatic heterocycles. The summed E-state index contributed by atoms with van der Waals surface area (Å²) in [5, 5.41) is 4.14. The Morgan fingerprint density at radius 3 is 2.92 bits per heavy atom. The molecule has 0 fully saturated rings. The van der Waals surface area contributed by atoms with Crippen LogP contribution >= 0.6 is 11.3 Å². The number of fused-ring (bicyclic) bond motifs is 2. The Hall–Kier alpha value is -2.74. The molecule has 2 aromatic heterocycles. The molecular weight excluding hydrogens is 326 g/mol.